The average Bonchev–Trinajstić information content (AvgIpc) is 2.56. The van der Waals surface area contributed by atoms with Crippen LogP contribution in [0.1, 0.15) is 11.1 Å². The van der Waals surface area contributed by atoms with Gasteiger partial charge in [0, 0.05) is 5.56 Å². The molecule has 3 nitrogen and oxygen atoms in total. The van der Waals surface area contributed by atoms with Gasteiger partial charge < -0.3 is 14.2 Å². The number of hydrogen-bond acceptors (Lipinski definition) is 3. The van der Waals surface area contributed by atoms with Crippen LogP contribution in [0, 0.1) is 0 Å². The van der Waals surface area contributed by atoms with E-state index < -0.39 is 0 Å². The first kappa shape index (κ1) is 15.7. The summed E-state index contributed by atoms with van der Waals surface area (Å²) in [4.78, 5) is 0. The van der Waals surface area contributed by atoms with Crippen LogP contribution in [0.25, 0.3) is 6.08 Å². The van der Waals surface area contributed by atoms with Gasteiger partial charge in [-0.05, 0) is 36.3 Å². The zero-order valence-corrected chi connectivity index (χ0v) is 12.9. The van der Waals surface area contributed by atoms with Gasteiger partial charge in [0.05, 0.1) is 20.5 Å². The third-order valence-electron chi connectivity index (χ3n) is 3.19. The van der Waals surface area contributed by atoms with Crippen molar-refractivity contribution < 1.29 is 14.2 Å². The monoisotopic (exact) mass is 296 g/mol. The van der Waals surface area contributed by atoms with Gasteiger partial charge in [-0.3, -0.25) is 0 Å². The van der Waals surface area contributed by atoms with Gasteiger partial charge in [0.15, 0.2) is 11.5 Å². The van der Waals surface area contributed by atoms with Crippen molar-refractivity contribution >= 4 is 6.08 Å². The zero-order valence-electron chi connectivity index (χ0n) is 12.9. The van der Waals surface area contributed by atoms with Crippen molar-refractivity contribution in [3.63, 3.8) is 0 Å². The van der Waals surface area contributed by atoms with Crippen molar-refractivity contribution in [2.24, 2.45) is 0 Å². The molecule has 3 heteroatoms. The Balaban J connectivity index is 2.13. The van der Waals surface area contributed by atoms with Crippen LogP contribution in [-0.4, -0.2) is 14.2 Å². The van der Waals surface area contributed by atoms with Crippen molar-refractivity contribution in [1.82, 2.24) is 0 Å². The lowest BCUT2D eigenvalue weighted by Crippen LogP contribution is -1.92. The Hall–Kier alpha value is -2.68. The fourth-order valence-electron chi connectivity index (χ4n) is 2.09. The largest absolute Gasteiger partial charge is 0.496 e. The second-order valence-corrected chi connectivity index (χ2v) is 4.64. The van der Waals surface area contributed by atoms with Gasteiger partial charge in [0.2, 0.25) is 0 Å². The van der Waals surface area contributed by atoms with Crippen LogP contribution in [0.3, 0.4) is 0 Å². The molecule has 0 bridgehead atoms. The van der Waals surface area contributed by atoms with Crippen molar-refractivity contribution in [3.8, 4) is 17.2 Å². The normalized spacial score (nSPS) is 10.5. The first-order valence-corrected chi connectivity index (χ1v) is 7.02. The van der Waals surface area contributed by atoms with E-state index in [1.54, 1.807) is 20.5 Å². The van der Waals surface area contributed by atoms with E-state index in [1.165, 1.54) is 0 Å². The van der Waals surface area contributed by atoms with Crippen LogP contribution < -0.4 is 14.2 Å². The molecule has 0 spiro atoms. The maximum Gasteiger partial charge on any atom is 0.168 e. The van der Waals surface area contributed by atoms with Crippen LogP contribution in [-0.2, 0) is 6.42 Å². The summed E-state index contributed by atoms with van der Waals surface area (Å²) in [5, 5.41) is 0. The lowest BCUT2D eigenvalue weighted by atomic mass is 10.1. The average molecular weight is 296 g/mol. The summed E-state index contributed by atoms with van der Waals surface area (Å²) in [6.45, 7) is 3.74. The SMILES string of the molecule is C=CCc1ccc(OC=Cc2ccccc2OC)c(OC)c1. The van der Waals surface area contributed by atoms with Gasteiger partial charge in [0.1, 0.15) is 5.75 Å². The van der Waals surface area contributed by atoms with Crippen molar-refractivity contribution in [2.45, 2.75) is 6.42 Å². The maximum absolute atomic E-state index is 5.68. The van der Waals surface area contributed by atoms with Crippen LogP contribution >= 0.6 is 0 Å². The van der Waals surface area contributed by atoms with Gasteiger partial charge in [-0.1, -0.05) is 30.3 Å². The zero-order chi connectivity index (χ0) is 15.8. The summed E-state index contributed by atoms with van der Waals surface area (Å²) >= 11 is 0. The minimum atomic E-state index is 0.668. The number of rotatable bonds is 7. The fraction of sp³-hybridized carbons (Fsp3) is 0.158. The maximum atomic E-state index is 5.68. The highest BCUT2D eigenvalue weighted by atomic mass is 16.5. The van der Waals surface area contributed by atoms with Gasteiger partial charge in [-0.25, -0.2) is 0 Å². The number of benzene rings is 2. The predicted octanol–water partition coefficient (Wildman–Crippen LogP) is 4.48. The Morgan fingerprint density at radius 3 is 2.45 bits per heavy atom. The minimum absolute atomic E-state index is 0.668. The number of ether oxygens (including phenoxy) is 3. The highest BCUT2D eigenvalue weighted by molar-refractivity contribution is 5.57. The van der Waals surface area contributed by atoms with Crippen molar-refractivity contribution in [3.05, 3.63) is 72.5 Å². The molecule has 0 radical (unpaired) electrons. The second-order valence-electron chi connectivity index (χ2n) is 4.64. The number of allylic oxidation sites excluding steroid dienone is 1. The number of methoxy groups -OCH3 is 2. The third-order valence-corrected chi connectivity index (χ3v) is 3.19. The highest BCUT2D eigenvalue weighted by Crippen LogP contribution is 2.29. The van der Waals surface area contributed by atoms with Crippen LogP contribution in [0.15, 0.2) is 61.4 Å². The molecule has 2 aromatic carbocycles. The molecule has 0 aromatic heterocycles. The third kappa shape index (κ3) is 3.92. The van der Waals surface area contributed by atoms with E-state index in [2.05, 4.69) is 6.58 Å². The Morgan fingerprint density at radius 1 is 0.955 bits per heavy atom. The quantitative estimate of drug-likeness (QED) is 0.557. The Bertz CT molecular complexity index is 659. The van der Waals surface area contributed by atoms with Crippen LogP contribution in [0.4, 0.5) is 0 Å². The summed E-state index contributed by atoms with van der Waals surface area (Å²) in [5.41, 5.74) is 2.08. The molecule has 22 heavy (non-hydrogen) atoms. The molecular weight excluding hydrogens is 276 g/mol. The van der Waals surface area contributed by atoms with E-state index in [0.717, 1.165) is 23.3 Å². The highest BCUT2D eigenvalue weighted by Gasteiger charge is 2.04. The minimum Gasteiger partial charge on any atom is -0.496 e. The molecule has 0 fully saturated rings. The number of para-hydroxylation sites is 1. The molecule has 2 rings (SSSR count). The summed E-state index contributed by atoms with van der Waals surface area (Å²) in [6, 6.07) is 13.6. The summed E-state index contributed by atoms with van der Waals surface area (Å²) in [5.74, 6) is 2.17. The molecule has 0 unspecified atom stereocenters. The van der Waals surface area contributed by atoms with Crippen LogP contribution in [0.2, 0.25) is 0 Å². The van der Waals surface area contributed by atoms with Crippen molar-refractivity contribution in [1.29, 1.82) is 0 Å². The van der Waals surface area contributed by atoms with E-state index in [4.69, 9.17) is 14.2 Å². The Labute approximate surface area is 131 Å². The van der Waals surface area contributed by atoms with E-state index in [-0.39, 0.29) is 0 Å². The standard InChI is InChI=1S/C19H20O3/c1-4-7-15-10-11-18(19(14-15)21-3)22-13-12-16-8-5-6-9-17(16)20-2/h4-6,8-14H,1,7H2,2-3H3. The topological polar surface area (TPSA) is 27.7 Å². The smallest absolute Gasteiger partial charge is 0.168 e. The van der Waals surface area contributed by atoms with Crippen molar-refractivity contribution in [2.75, 3.05) is 14.2 Å². The molecule has 0 N–H and O–H groups in total. The van der Waals surface area contributed by atoms with E-state index >= 15 is 0 Å². The lowest BCUT2D eigenvalue weighted by Gasteiger charge is -2.09. The lowest BCUT2D eigenvalue weighted by molar-refractivity contribution is 0.378. The van der Waals surface area contributed by atoms with Crippen LogP contribution in [0.5, 0.6) is 17.2 Å². The molecule has 0 saturated heterocycles. The summed E-state index contributed by atoms with van der Waals surface area (Å²) < 4.78 is 16.3. The molecule has 0 aliphatic heterocycles. The summed E-state index contributed by atoms with van der Waals surface area (Å²) in [6.07, 6.45) is 6.14. The molecular formula is C19H20O3. The Morgan fingerprint density at radius 2 is 1.73 bits per heavy atom. The van der Waals surface area contributed by atoms with E-state index in [9.17, 15) is 0 Å². The molecule has 0 aliphatic carbocycles. The second kappa shape index (κ2) is 7.93. The molecule has 0 aliphatic rings. The molecule has 2 aromatic rings. The Kier molecular flexibility index (Phi) is 5.66. The molecule has 0 heterocycles. The van der Waals surface area contributed by atoms with E-state index in [0.29, 0.717) is 11.5 Å². The number of hydrogen-bond donors (Lipinski definition) is 0. The van der Waals surface area contributed by atoms with Gasteiger partial charge in [0.25, 0.3) is 0 Å². The first-order valence-electron chi connectivity index (χ1n) is 7.02. The van der Waals surface area contributed by atoms with Gasteiger partial charge in [-0.2, -0.15) is 0 Å². The van der Waals surface area contributed by atoms with Gasteiger partial charge in [-0.15, -0.1) is 6.58 Å². The first-order chi connectivity index (χ1) is 10.8. The van der Waals surface area contributed by atoms with Gasteiger partial charge >= 0.3 is 0 Å². The molecule has 0 atom stereocenters. The predicted molar refractivity (Wildman–Crippen MR) is 89.6 cm³/mol. The van der Waals surface area contributed by atoms with E-state index in [1.807, 2.05) is 54.6 Å². The summed E-state index contributed by atoms with van der Waals surface area (Å²) in [7, 11) is 3.28. The molecule has 0 saturated carbocycles. The molecule has 114 valence electrons. The fourth-order valence-corrected chi connectivity index (χ4v) is 2.09. The molecule has 0 amide bonds.